The molecular weight excluding hydrogens is 321 g/mol. The van der Waals surface area contributed by atoms with Crippen molar-refractivity contribution in [1.29, 1.82) is 0 Å². The zero-order chi connectivity index (χ0) is 17.0. The molecule has 0 fully saturated rings. The molecule has 0 radical (unpaired) electrons. The van der Waals surface area contributed by atoms with Gasteiger partial charge in [-0.3, -0.25) is 9.48 Å². The molecule has 0 bridgehead atoms. The van der Waals surface area contributed by atoms with E-state index >= 15 is 0 Å². The van der Waals surface area contributed by atoms with Gasteiger partial charge >= 0.3 is 0 Å². The number of hydrogen-bond acceptors (Lipinski definition) is 3. The third kappa shape index (κ3) is 4.09. The molecule has 23 heavy (non-hydrogen) atoms. The largest absolute Gasteiger partial charge is 0.387 e. The van der Waals surface area contributed by atoms with Crippen molar-refractivity contribution in [2.24, 2.45) is 0 Å². The molecule has 5 nitrogen and oxygen atoms in total. The van der Waals surface area contributed by atoms with Crippen LogP contribution in [0.3, 0.4) is 0 Å². The van der Waals surface area contributed by atoms with Crippen molar-refractivity contribution in [1.82, 2.24) is 15.1 Å². The van der Waals surface area contributed by atoms with Crippen molar-refractivity contribution in [2.75, 3.05) is 12.4 Å². The van der Waals surface area contributed by atoms with E-state index in [1.807, 2.05) is 0 Å². The smallest absolute Gasteiger partial charge is 0.255 e. The maximum absolute atomic E-state index is 12.9. The topological polar surface area (TPSA) is 67.2 Å². The minimum atomic E-state index is -0.905. The van der Waals surface area contributed by atoms with Gasteiger partial charge < -0.3 is 10.4 Å². The first-order chi connectivity index (χ1) is 10.9. The van der Waals surface area contributed by atoms with Crippen LogP contribution in [0.4, 0.5) is 4.39 Å². The van der Waals surface area contributed by atoms with E-state index in [9.17, 15) is 14.3 Å². The number of amides is 1. The SMILES string of the molecule is Cc1nn(CCCl)c(C)c1C(=O)NCC(O)c1ccc(F)cc1. The van der Waals surface area contributed by atoms with Crippen LogP contribution in [0.2, 0.25) is 0 Å². The average molecular weight is 340 g/mol. The van der Waals surface area contributed by atoms with Crippen LogP contribution < -0.4 is 5.32 Å². The summed E-state index contributed by atoms with van der Waals surface area (Å²) in [5.41, 5.74) is 2.37. The Kier molecular flexibility index (Phi) is 5.74. The van der Waals surface area contributed by atoms with Crippen LogP contribution in [-0.4, -0.2) is 33.2 Å². The predicted octanol–water partition coefficient (Wildman–Crippen LogP) is 2.34. The summed E-state index contributed by atoms with van der Waals surface area (Å²) in [5.74, 6) is -0.267. The highest BCUT2D eigenvalue weighted by molar-refractivity contribution is 6.17. The second kappa shape index (κ2) is 7.57. The molecule has 1 amide bonds. The lowest BCUT2D eigenvalue weighted by Crippen LogP contribution is -2.29. The van der Waals surface area contributed by atoms with Crippen LogP contribution in [0.25, 0.3) is 0 Å². The van der Waals surface area contributed by atoms with Crippen molar-refractivity contribution < 1.29 is 14.3 Å². The fraction of sp³-hybridized carbons (Fsp3) is 0.375. The zero-order valence-corrected chi connectivity index (χ0v) is 13.8. The lowest BCUT2D eigenvalue weighted by Gasteiger charge is -2.12. The number of nitrogens with one attached hydrogen (secondary N) is 1. The lowest BCUT2D eigenvalue weighted by molar-refractivity contribution is 0.0915. The second-order valence-electron chi connectivity index (χ2n) is 5.24. The van der Waals surface area contributed by atoms with Gasteiger partial charge in [-0.25, -0.2) is 4.39 Å². The molecule has 2 rings (SSSR count). The van der Waals surface area contributed by atoms with Gasteiger partial charge in [0.2, 0.25) is 0 Å². The maximum Gasteiger partial charge on any atom is 0.255 e. The summed E-state index contributed by atoms with van der Waals surface area (Å²) in [7, 11) is 0. The zero-order valence-electron chi connectivity index (χ0n) is 13.0. The molecule has 0 aliphatic rings. The van der Waals surface area contributed by atoms with E-state index in [4.69, 9.17) is 11.6 Å². The maximum atomic E-state index is 12.9. The first-order valence-electron chi connectivity index (χ1n) is 7.25. The van der Waals surface area contributed by atoms with Crippen LogP contribution >= 0.6 is 11.6 Å². The highest BCUT2D eigenvalue weighted by atomic mass is 35.5. The summed E-state index contributed by atoms with van der Waals surface area (Å²) in [4.78, 5) is 12.3. The van der Waals surface area contributed by atoms with Crippen molar-refractivity contribution in [3.05, 3.63) is 52.6 Å². The molecule has 0 saturated heterocycles. The van der Waals surface area contributed by atoms with Crippen molar-refractivity contribution in [3.63, 3.8) is 0 Å². The molecule has 124 valence electrons. The summed E-state index contributed by atoms with van der Waals surface area (Å²) in [6, 6.07) is 5.51. The number of carbonyl (C=O) groups excluding carboxylic acids is 1. The molecule has 0 saturated carbocycles. The van der Waals surface area contributed by atoms with Gasteiger partial charge in [-0.15, -0.1) is 11.6 Å². The standard InChI is InChI=1S/C16H19ClFN3O2/c1-10-15(11(2)21(20-10)8-7-17)16(23)19-9-14(22)12-3-5-13(18)6-4-12/h3-6,14,22H,7-9H2,1-2H3,(H,19,23). The van der Waals surface area contributed by atoms with Crippen LogP contribution in [0.5, 0.6) is 0 Å². The summed E-state index contributed by atoms with van der Waals surface area (Å²) in [6.45, 7) is 4.12. The Balaban J connectivity index is 2.03. The Bertz CT molecular complexity index is 685. The Morgan fingerprint density at radius 3 is 2.65 bits per heavy atom. The molecule has 1 atom stereocenters. The number of alkyl halides is 1. The van der Waals surface area contributed by atoms with Gasteiger partial charge in [-0.05, 0) is 31.5 Å². The second-order valence-corrected chi connectivity index (χ2v) is 5.61. The van der Waals surface area contributed by atoms with Gasteiger partial charge in [0.25, 0.3) is 5.91 Å². The molecule has 7 heteroatoms. The monoisotopic (exact) mass is 339 g/mol. The number of aromatic nitrogens is 2. The summed E-state index contributed by atoms with van der Waals surface area (Å²) >= 11 is 5.71. The molecule has 1 unspecified atom stereocenters. The molecule has 1 aromatic carbocycles. The van der Waals surface area contributed by atoms with E-state index < -0.39 is 6.10 Å². The Morgan fingerprint density at radius 1 is 1.39 bits per heavy atom. The normalized spacial score (nSPS) is 12.2. The molecule has 0 aliphatic heterocycles. The lowest BCUT2D eigenvalue weighted by atomic mass is 10.1. The molecule has 1 aromatic heterocycles. The number of rotatable bonds is 6. The fourth-order valence-electron chi connectivity index (χ4n) is 2.40. The number of halogens is 2. The third-order valence-electron chi connectivity index (χ3n) is 3.62. The molecule has 2 aromatic rings. The van der Waals surface area contributed by atoms with Gasteiger partial charge in [0.15, 0.2) is 0 Å². The number of benzene rings is 1. The highest BCUT2D eigenvalue weighted by Crippen LogP contribution is 2.15. The fourth-order valence-corrected chi connectivity index (χ4v) is 2.56. The number of aliphatic hydroxyl groups excluding tert-OH is 1. The van der Waals surface area contributed by atoms with Crippen LogP contribution in [0, 0.1) is 19.7 Å². The first kappa shape index (κ1) is 17.4. The van der Waals surface area contributed by atoms with Gasteiger partial charge in [0, 0.05) is 18.1 Å². The Hall–Kier alpha value is -1.92. The van der Waals surface area contributed by atoms with E-state index in [-0.39, 0.29) is 18.3 Å². The number of hydrogen-bond donors (Lipinski definition) is 2. The molecule has 2 N–H and O–H groups in total. The highest BCUT2D eigenvalue weighted by Gasteiger charge is 2.19. The molecular formula is C16H19ClFN3O2. The van der Waals surface area contributed by atoms with Gasteiger partial charge in [0.05, 0.1) is 23.9 Å². The number of carbonyl (C=O) groups is 1. The minimum absolute atomic E-state index is 0.0318. The van der Waals surface area contributed by atoms with Crippen LogP contribution in [0.15, 0.2) is 24.3 Å². The summed E-state index contributed by atoms with van der Waals surface area (Å²) in [5, 5.41) is 17.0. The minimum Gasteiger partial charge on any atom is -0.387 e. The van der Waals surface area contributed by atoms with E-state index in [2.05, 4.69) is 10.4 Å². The predicted molar refractivity (Wildman–Crippen MR) is 86.1 cm³/mol. The van der Waals surface area contributed by atoms with Crippen LogP contribution in [0.1, 0.15) is 33.4 Å². The Labute approximate surface area is 139 Å². The van der Waals surface area contributed by atoms with Gasteiger partial charge in [-0.2, -0.15) is 5.10 Å². The molecule has 0 spiro atoms. The number of aliphatic hydroxyl groups is 1. The molecule has 1 heterocycles. The summed E-state index contributed by atoms with van der Waals surface area (Å²) < 4.78 is 14.6. The van der Waals surface area contributed by atoms with E-state index in [0.29, 0.717) is 29.2 Å². The first-order valence-corrected chi connectivity index (χ1v) is 7.79. The average Bonchev–Trinajstić information content (AvgIpc) is 2.80. The van der Waals surface area contributed by atoms with Gasteiger partial charge in [-0.1, -0.05) is 12.1 Å². The van der Waals surface area contributed by atoms with Crippen molar-refractivity contribution in [3.8, 4) is 0 Å². The summed E-state index contributed by atoms with van der Waals surface area (Å²) in [6.07, 6.45) is -0.905. The van der Waals surface area contributed by atoms with Crippen LogP contribution in [-0.2, 0) is 6.54 Å². The van der Waals surface area contributed by atoms with E-state index in [1.54, 1.807) is 18.5 Å². The number of aryl methyl sites for hydroxylation is 2. The molecule has 0 aliphatic carbocycles. The Morgan fingerprint density at radius 2 is 2.04 bits per heavy atom. The van der Waals surface area contributed by atoms with E-state index in [1.165, 1.54) is 24.3 Å². The third-order valence-corrected chi connectivity index (χ3v) is 3.78. The quantitative estimate of drug-likeness (QED) is 0.794. The number of nitrogens with zero attached hydrogens (tertiary/aromatic N) is 2. The van der Waals surface area contributed by atoms with E-state index in [0.717, 1.165) is 5.69 Å². The van der Waals surface area contributed by atoms with Crippen molar-refractivity contribution in [2.45, 2.75) is 26.5 Å². The van der Waals surface area contributed by atoms with Crippen molar-refractivity contribution >= 4 is 17.5 Å². The van der Waals surface area contributed by atoms with Gasteiger partial charge in [0.1, 0.15) is 5.82 Å².